The van der Waals surface area contributed by atoms with Gasteiger partial charge in [-0.25, -0.2) is 5.06 Å². The third kappa shape index (κ3) is 13.9. The number of halogens is 6. The quantitative estimate of drug-likeness (QED) is 0.0352. The predicted octanol–water partition coefficient (Wildman–Crippen LogP) is -0.256. The van der Waals surface area contributed by atoms with Gasteiger partial charge in [0.2, 0.25) is 0 Å². The van der Waals surface area contributed by atoms with Gasteiger partial charge < -0.3 is 62.3 Å². The summed E-state index contributed by atoms with van der Waals surface area (Å²) in [5.41, 5.74) is -0.408. The number of anilines is 2. The molecule has 3 unspecified atom stereocenters. The van der Waals surface area contributed by atoms with Crippen LogP contribution in [0.4, 0.5) is 11.4 Å². The third-order valence-electron chi connectivity index (χ3n) is 7.37. The van der Waals surface area contributed by atoms with Crippen molar-refractivity contribution in [3.8, 4) is 0 Å². The minimum atomic E-state index is -1.83. The molecule has 2 rings (SSSR count). The minimum absolute atomic E-state index is 0.0156. The molecular formula is C31H36I6N6O14. The van der Waals surface area contributed by atoms with Gasteiger partial charge in [-0.1, -0.05) is 0 Å². The van der Waals surface area contributed by atoms with Gasteiger partial charge in [-0.2, -0.15) is 0 Å². The molecule has 13 N–H and O–H groups in total. The van der Waals surface area contributed by atoms with E-state index >= 15 is 0 Å². The van der Waals surface area contributed by atoms with Gasteiger partial charge in [0.1, 0.15) is 0 Å². The molecule has 0 fully saturated rings. The van der Waals surface area contributed by atoms with E-state index in [0.29, 0.717) is 5.06 Å². The van der Waals surface area contributed by atoms with Crippen molar-refractivity contribution in [1.82, 2.24) is 21.0 Å². The number of carbonyl (C=O) groups is 6. The van der Waals surface area contributed by atoms with E-state index in [1.165, 1.54) is 0 Å². The molecule has 0 radical (unpaired) electrons. The lowest BCUT2D eigenvalue weighted by Gasteiger charge is -2.22. The fraction of sp³-hybridized carbons (Fsp3) is 0.419. The number of benzene rings is 2. The Labute approximate surface area is 406 Å². The minimum Gasteiger partial charge on any atom is -0.396 e. The number of carbonyl (C=O) groups excluding carboxylic acids is 6. The van der Waals surface area contributed by atoms with E-state index < -0.39 is 73.6 Å². The van der Waals surface area contributed by atoms with Gasteiger partial charge in [0, 0.05) is 33.4 Å². The molecule has 316 valence electrons. The van der Waals surface area contributed by atoms with E-state index in [0.717, 1.165) is 0 Å². The van der Waals surface area contributed by atoms with Crippen molar-refractivity contribution in [2.45, 2.75) is 31.2 Å². The van der Waals surface area contributed by atoms with Crippen molar-refractivity contribution < 1.29 is 69.7 Å². The number of hydroxylamine groups is 2. The molecule has 0 aromatic heterocycles. The molecule has 0 saturated heterocycles. The molecular weight excluding hydrogens is 1440 g/mol. The Morgan fingerprint density at radius 1 is 0.544 bits per heavy atom. The van der Waals surface area contributed by atoms with Crippen LogP contribution in [0.2, 0.25) is 0 Å². The average Bonchev–Trinajstić information content (AvgIpc) is 3.17. The van der Waals surface area contributed by atoms with Gasteiger partial charge in [-0.3, -0.25) is 34.0 Å². The first-order chi connectivity index (χ1) is 26.8. The summed E-state index contributed by atoms with van der Waals surface area (Å²) < 4.78 is 0.878. The zero-order valence-corrected chi connectivity index (χ0v) is 42.0. The highest BCUT2D eigenvalue weighted by Gasteiger charge is 2.32. The van der Waals surface area contributed by atoms with Gasteiger partial charge >= 0.3 is 0 Å². The lowest BCUT2D eigenvalue weighted by molar-refractivity contribution is -0.126. The molecule has 2 aromatic rings. The summed E-state index contributed by atoms with van der Waals surface area (Å²) in [7, 11) is 0. The van der Waals surface area contributed by atoms with Crippen molar-refractivity contribution >= 4 is 182 Å². The molecule has 2 aromatic carbocycles. The van der Waals surface area contributed by atoms with Crippen LogP contribution < -0.4 is 26.6 Å². The van der Waals surface area contributed by atoms with Crippen molar-refractivity contribution in [2.24, 2.45) is 0 Å². The van der Waals surface area contributed by atoms with E-state index in [-0.39, 0.29) is 101 Å². The lowest BCUT2D eigenvalue weighted by atomic mass is 10.1. The van der Waals surface area contributed by atoms with Crippen LogP contribution >= 0.6 is 136 Å². The molecule has 57 heavy (non-hydrogen) atoms. The van der Waals surface area contributed by atoms with Crippen LogP contribution in [0.1, 0.15) is 54.3 Å². The Bertz CT molecular complexity index is 1860. The summed E-state index contributed by atoms with van der Waals surface area (Å²) in [6, 6.07) is 0. The van der Waals surface area contributed by atoms with Crippen LogP contribution in [0.25, 0.3) is 0 Å². The predicted molar refractivity (Wildman–Crippen MR) is 252 cm³/mol. The Kier molecular flexibility index (Phi) is 23.3. The highest BCUT2D eigenvalue weighted by molar-refractivity contribution is 14.1. The molecule has 0 bridgehead atoms. The third-order valence-corrected chi connectivity index (χ3v) is 13.8. The van der Waals surface area contributed by atoms with Crippen molar-refractivity contribution in [3.63, 3.8) is 0 Å². The van der Waals surface area contributed by atoms with Crippen molar-refractivity contribution in [2.75, 3.05) is 63.2 Å². The maximum atomic E-state index is 13.6. The number of aliphatic hydroxyl groups excluding tert-OH is 7. The zero-order valence-electron chi connectivity index (χ0n) is 29.0. The number of nitrogens with one attached hydrogen (secondary N) is 5. The van der Waals surface area contributed by atoms with Gasteiger partial charge in [0.15, 0.2) is 12.2 Å². The summed E-state index contributed by atoms with van der Waals surface area (Å²) >= 11 is 10.6. The summed E-state index contributed by atoms with van der Waals surface area (Å²) in [5, 5.41) is 89.7. The number of nitrogens with zero attached hydrogens (tertiary/aromatic N) is 1. The van der Waals surface area contributed by atoms with Gasteiger partial charge in [0.25, 0.3) is 35.4 Å². The number of aliphatic hydroxyl groups is 7. The van der Waals surface area contributed by atoms with Crippen LogP contribution in [-0.4, -0.2) is 152 Å². The van der Waals surface area contributed by atoms with Crippen LogP contribution in [0.3, 0.4) is 0 Å². The standard InChI is InChI=1S/C31H36I6N6O14/c32-18-14(20(34)24(41-26(51)12(49)9-46)21(35)15(18)30(55)40-7-11(48)8-45)28(53)38-3-1-4-39-29(54)16-19(33)17(31(56)43(57)5-2-6-44)23(37)25(22(16)36)42-27(52)13(50)10-47/h11-13,44-50,57H,1-10H2,(H,38,53)(H,39,54)(H,40,55)(H,41,51)(H,42,52). The first-order valence-electron chi connectivity index (χ1n) is 16.2. The van der Waals surface area contributed by atoms with Crippen LogP contribution in [-0.2, 0) is 9.59 Å². The normalized spacial score (nSPS) is 12.6. The monoisotopic (exact) mass is 1480 g/mol. The molecule has 0 aliphatic heterocycles. The summed E-state index contributed by atoms with van der Waals surface area (Å²) in [5.74, 6) is -5.15. The fourth-order valence-electron chi connectivity index (χ4n) is 4.40. The lowest BCUT2D eigenvalue weighted by Crippen LogP contribution is -2.37. The highest BCUT2D eigenvalue weighted by atomic mass is 127. The Hall–Kier alpha value is -0.680. The summed E-state index contributed by atoms with van der Waals surface area (Å²) in [4.78, 5) is 78.9. The molecule has 0 aliphatic carbocycles. The summed E-state index contributed by atoms with van der Waals surface area (Å²) in [6.45, 7) is -3.45. The second-order valence-corrected chi connectivity index (χ2v) is 17.9. The van der Waals surface area contributed by atoms with E-state index in [1.54, 1.807) is 136 Å². The Morgan fingerprint density at radius 3 is 1.32 bits per heavy atom. The largest absolute Gasteiger partial charge is 0.396 e. The number of hydrogen-bond donors (Lipinski definition) is 13. The van der Waals surface area contributed by atoms with E-state index in [2.05, 4.69) is 26.6 Å². The maximum absolute atomic E-state index is 13.6. The van der Waals surface area contributed by atoms with Gasteiger partial charge in [0.05, 0.1) is 80.4 Å². The zero-order chi connectivity index (χ0) is 43.3. The van der Waals surface area contributed by atoms with Gasteiger partial charge in [-0.15, -0.1) is 0 Å². The molecule has 0 spiro atoms. The first kappa shape index (κ1) is 52.5. The number of amides is 6. The Balaban J connectivity index is 2.40. The molecule has 6 amide bonds. The number of rotatable bonds is 20. The second kappa shape index (κ2) is 25.3. The first-order valence-corrected chi connectivity index (χ1v) is 22.6. The molecule has 0 aliphatic rings. The SMILES string of the molecule is O=C(NCCCNC(=O)c1c(I)c(NC(=O)C(O)CO)c(I)c(C(=O)N(O)CCCO)c1I)c1c(I)c(NC(=O)C(O)CO)c(I)c(C(=O)NCC(O)CO)c1I. The van der Waals surface area contributed by atoms with E-state index in [4.69, 9.17) is 10.2 Å². The molecule has 0 saturated carbocycles. The smallest absolute Gasteiger partial charge is 0.279 e. The molecule has 26 heteroatoms. The van der Waals surface area contributed by atoms with Crippen LogP contribution in [0, 0.1) is 21.4 Å². The molecule has 3 atom stereocenters. The Morgan fingerprint density at radius 2 is 0.930 bits per heavy atom. The highest BCUT2D eigenvalue weighted by Crippen LogP contribution is 2.37. The maximum Gasteiger partial charge on any atom is 0.279 e. The van der Waals surface area contributed by atoms with E-state index in [1.807, 2.05) is 0 Å². The summed E-state index contributed by atoms with van der Waals surface area (Å²) in [6.07, 6.45) is -4.75. The molecule has 20 nitrogen and oxygen atoms in total. The fourth-order valence-corrected chi connectivity index (χ4v) is 13.2. The van der Waals surface area contributed by atoms with Gasteiger partial charge in [-0.05, 0) is 148 Å². The van der Waals surface area contributed by atoms with Crippen LogP contribution in [0.5, 0.6) is 0 Å². The van der Waals surface area contributed by atoms with Crippen molar-refractivity contribution in [3.05, 3.63) is 43.7 Å². The van der Waals surface area contributed by atoms with E-state index in [9.17, 15) is 59.5 Å². The van der Waals surface area contributed by atoms with Crippen LogP contribution in [0.15, 0.2) is 0 Å². The topological polar surface area (TPSA) is 328 Å². The number of hydrogen-bond acceptors (Lipinski definition) is 14. The second-order valence-electron chi connectivity index (χ2n) is 11.4. The average molecular weight is 1480 g/mol. The van der Waals surface area contributed by atoms with Crippen molar-refractivity contribution in [1.29, 1.82) is 0 Å². The molecule has 0 heterocycles.